The van der Waals surface area contributed by atoms with E-state index in [4.69, 9.17) is 0 Å². The number of thiophene rings is 1. The Hall–Kier alpha value is -2.44. The molecule has 0 unspecified atom stereocenters. The summed E-state index contributed by atoms with van der Waals surface area (Å²) in [7, 11) is 0. The van der Waals surface area contributed by atoms with Crippen LogP contribution in [0.2, 0.25) is 0 Å². The Morgan fingerprint density at radius 3 is 2.78 bits per heavy atom. The van der Waals surface area contributed by atoms with Crippen molar-refractivity contribution in [2.24, 2.45) is 0 Å². The maximum Gasteiger partial charge on any atom is 0.235 e. The minimum atomic E-state index is -0.374. The number of amides is 1. The van der Waals surface area contributed by atoms with Gasteiger partial charge in [0.15, 0.2) is 4.96 Å². The van der Waals surface area contributed by atoms with E-state index in [1.165, 1.54) is 4.88 Å². The van der Waals surface area contributed by atoms with Crippen molar-refractivity contribution >= 4 is 39.2 Å². The van der Waals surface area contributed by atoms with Crippen molar-refractivity contribution in [2.75, 3.05) is 5.32 Å². The summed E-state index contributed by atoms with van der Waals surface area (Å²) in [5.41, 5.74) is 2.39. The van der Waals surface area contributed by atoms with E-state index in [2.05, 4.69) is 21.7 Å². The third-order valence-corrected chi connectivity index (χ3v) is 7.24. The van der Waals surface area contributed by atoms with E-state index in [1.807, 2.05) is 52.5 Å². The van der Waals surface area contributed by atoms with Crippen LogP contribution in [0.3, 0.4) is 0 Å². The predicted molar refractivity (Wildman–Crippen MR) is 112 cm³/mol. The van der Waals surface area contributed by atoms with E-state index >= 15 is 0 Å². The molecule has 4 nitrogen and oxygen atoms in total. The number of thiazole rings is 1. The summed E-state index contributed by atoms with van der Waals surface area (Å²) in [5, 5.41) is 7.27. The van der Waals surface area contributed by atoms with E-state index in [9.17, 15) is 4.79 Å². The zero-order valence-electron chi connectivity index (χ0n) is 14.7. The molecule has 1 amide bonds. The van der Waals surface area contributed by atoms with Crippen LogP contribution in [0.4, 0.5) is 5.69 Å². The number of anilines is 1. The normalized spacial score (nSPS) is 16.0. The van der Waals surface area contributed by atoms with Gasteiger partial charge in [-0.25, -0.2) is 4.98 Å². The zero-order chi connectivity index (χ0) is 18.3. The molecule has 1 N–H and O–H groups in total. The second kappa shape index (κ2) is 6.62. The Balaban J connectivity index is 1.43. The number of fused-ring (bicyclic) bond motifs is 1. The molecule has 1 aliphatic carbocycles. The second-order valence-corrected chi connectivity index (χ2v) is 8.84. The van der Waals surface area contributed by atoms with Crippen LogP contribution in [0.5, 0.6) is 0 Å². The summed E-state index contributed by atoms with van der Waals surface area (Å²) in [4.78, 5) is 20.1. The number of hydrogen-bond donors (Lipinski definition) is 1. The number of benzene rings is 1. The number of carbonyl (C=O) groups is 1. The minimum absolute atomic E-state index is 0.116. The van der Waals surface area contributed by atoms with E-state index in [1.54, 1.807) is 22.7 Å². The number of hydrogen-bond acceptors (Lipinski definition) is 4. The van der Waals surface area contributed by atoms with Gasteiger partial charge in [-0.1, -0.05) is 31.0 Å². The average Bonchev–Trinajstić information content (AvgIpc) is 3.45. The van der Waals surface area contributed by atoms with Gasteiger partial charge in [0, 0.05) is 33.9 Å². The highest BCUT2D eigenvalue weighted by molar-refractivity contribution is 7.15. The fraction of sp³-hybridized carbons (Fsp3) is 0.238. The Morgan fingerprint density at radius 2 is 2.00 bits per heavy atom. The van der Waals surface area contributed by atoms with E-state index < -0.39 is 0 Å². The highest BCUT2D eigenvalue weighted by atomic mass is 32.1. The fourth-order valence-electron chi connectivity index (χ4n) is 3.99. The van der Waals surface area contributed by atoms with Gasteiger partial charge in [-0.3, -0.25) is 9.20 Å². The summed E-state index contributed by atoms with van der Waals surface area (Å²) in [6, 6.07) is 12.1. The molecular weight excluding hydrogens is 374 g/mol. The molecule has 0 bridgehead atoms. The van der Waals surface area contributed by atoms with Crippen molar-refractivity contribution in [2.45, 2.75) is 31.1 Å². The molecule has 0 saturated heterocycles. The molecule has 0 radical (unpaired) electrons. The van der Waals surface area contributed by atoms with Crippen molar-refractivity contribution in [3.05, 3.63) is 64.4 Å². The zero-order valence-corrected chi connectivity index (χ0v) is 16.4. The summed E-state index contributed by atoms with van der Waals surface area (Å²) < 4.78 is 2.02. The molecule has 3 heterocycles. The van der Waals surface area contributed by atoms with Gasteiger partial charge in [-0.05, 0) is 36.4 Å². The molecule has 1 fully saturated rings. The Bertz CT molecular complexity index is 1060. The van der Waals surface area contributed by atoms with Crippen molar-refractivity contribution in [3.8, 4) is 11.3 Å². The molecule has 6 heteroatoms. The highest BCUT2D eigenvalue weighted by Crippen LogP contribution is 2.44. The Labute approximate surface area is 165 Å². The maximum atomic E-state index is 13.3. The fourth-order valence-corrected chi connectivity index (χ4v) is 5.67. The van der Waals surface area contributed by atoms with Gasteiger partial charge in [-0.2, -0.15) is 0 Å². The maximum absolute atomic E-state index is 13.3. The molecule has 1 aliphatic rings. The lowest BCUT2D eigenvalue weighted by Gasteiger charge is -2.26. The van der Waals surface area contributed by atoms with Crippen molar-refractivity contribution in [1.82, 2.24) is 9.38 Å². The van der Waals surface area contributed by atoms with Crippen LogP contribution in [0.15, 0.2) is 59.6 Å². The lowest BCUT2D eigenvalue weighted by molar-refractivity contribution is -0.121. The first-order valence-corrected chi connectivity index (χ1v) is 10.9. The number of aromatic nitrogens is 2. The third-order valence-electron chi connectivity index (χ3n) is 5.39. The monoisotopic (exact) mass is 393 g/mol. The summed E-state index contributed by atoms with van der Waals surface area (Å²) in [6.07, 6.45) is 8.10. The first-order chi connectivity index (χ1) is 13.2. The topological polar surface area (TPSA) is 46.4 Å². The first-order valence-electron chi connectivity index (χ1n) is 9.13. The van der Waals surface area contributed by atoms with Gasteiger partial charge in [0.2, 0.25) is 5.91 Å². The molecule has 5 rings (SSSR count). The Morgan fingerprint density at radius 1 is 1.11 bits per heavy atom. The molecule has 1 saturated carbocycles. The van der Waals surface area contributed by atoms with E-state index in [0.29, 0.717) is 0 Å². The molecule has 0 spiro atoms. The van der Waals surface area contributed by atoms with Crippen LogP contribution in [-0.2, 0) is 10.2 Å². The standard InChI is InChI=1S/C21H19N3OS2/c25-19(21(8-1-2-9-21)18-7-4-11-26-18)22-16-6-3-5-15(13-16)17-14-24-10-12-27-20(24)23-17/h3-7,10-14H,1-2,8-9H2,(H,22,25). The quantitative estimate of drug-likeness (QED) is 0.492. The molecule has 3 aromatic heterocycles. The lowest BCUT2D eigenvalue weighted by Crippen LogP contribution is -2.37. The van der Waals surface area contributed by atoms with Crippen LogP contribution in [0.25, 0.3) is 16.2 Å². The number of nitrogens with zero attached hydrogens (tertiary/aromatic N) is 2. The number of nitrogens with one attached hydrogen (secondary N) is 1. The predicted octanol–water partition coefficient (Wildman–Crippen LogP) is 5.57. The van der Waals surface area contributed by atoms with E-state index in [0.717, 1.165) is 47.6 Å². The number of carbonyl (C=O) groups excluding carboxylic acids is 1. The molecule has 0 atom stereocenters. The lowest BCUT2D eigenvalue weighted by atomic mass is 9.83. The van der Waals surface area contributed by atoms with Crippen molar-refractivity contribution in [1.29, 1.82) is 0 Å². The van der Waals surface area contributed by atoms with Gasteiger partial charge in [-0.15, -0.1) is 22.7 Å². The molecule has 136 valence electrons. The highest BCUT2D eigenvalue weighted by Gasteiger charge is 2.43. The van der Waals surface area contributed by atoms with Gasteiger partial charge in [0.05, 0.1) is 11.1 Å². The van der Waals surface area contributed by atoms with Crippen LogP contribution < -0.4 is 5.32 Å². The SMILES string of the molecule is O=C(Nc1cccc(-c2cn3ccsc3n2)c1)C1(c2cccs2)CCCC1. The molecular formula is C21H19N3OS2. The number of imidazole rings is 1. The molecule has 1 aromatic carbocycles. The average molecular weight is 394 g/mol. The summed E-state index contributed by atoms with van der Waals surface area (Å²) >= 11 is 3.30. The van der Waals surface area contributed by atoms with Crippen LogP contribution in [-0.4, -0.2) is 15.3 Å². The van der Waals surface area contributed by atoms with E-state index in [-0.39, 0.29) is 11.3 Å². The largest absolute Gasteiger partial charge is 0.325 e. The van der Waals surface area contributed by atoms with Crippen LogP contribution in [0.1, 0.15) is 30.6 Å². The summed E-state index contributed by atoms with van der Waals surface area (Å²) in [5.74, 6) is 0.116. The Kier molecular flexibility index (Phi) is 4.10. The van der Waals surface area contributed by atoms with Crippen LogP contribution >= 0.6 is 22.7 Å². The van der Waals surface area contributed by atoms with Crippen molar-refractivity contribution in [3.63, 3.8) is 0 Å². The summed E-state index contributed by atoms with van der Waals surface area (Å²) in [6.45, 7) is 0. The second-order valence-electron chi connectivity index (χ2n) is 7.02. The molecule has 0 aliphatic heterocycles. The minimum Gasteiger partial charge on any atom is -0.325 e. The number of rotatable bonds is 4. The van der Waals surface area contributed by atoms with Gasteiger partial charge in [0.1, 0.15) is 0 Å². The van der Waals surface area contributed by atoms with Gasteiger partial charge in [0.25, 0.3) is 0 Å². The third kappa shape index (κ3) is 2.89. The van der Waals surface area contributed by atoms with Gasteiger partial charge < -0.3 is 5.32 Å². The molecule has 27 heavy (non-hydrogen) atoms. The van der Waals surface area contributed by atoms with Crippen LogP contribution in [0, 0.1) is 0 Å². The first kappa shape index (κ1) is 16.7. The smallest absolute Gasteiger partial charge is 0.235 e. The van der Waals surface area contributed by atoms with Crippen molar-refractivity contribution < 1.29 is 4.79 Å². The molecule has 4 aromatic rings. The van der Waals surface area contributed by atoms with Gasteiger partial charge >= 0.3 is 0 Å².